The van der Waals surface area contributed by atoms with Gasteiger partial charge in [0.15, 0.2) is 5.13 Å². The SMILES string of the molecule is CNc1cc(-c2ccc(F)cc2)c2nc(Nc3ccc(CN4CCN(S(C)(=O)=O)CC4)cn3)sc2n1. The van der Waals surface area contributed by atoms with Gasteiger partial charge in [0.05, 0.1) is 6.26 Å². The number of anilines is 3. The van der Waals surface area contributed by atoms with Crippen molar-refractivity contribution >= 4 is 48.5 Å². The van der Waals surface area contributed by atoms with E-state index in [4.69, 9.17) is 4.98 Å². The normalized spacial score (nSPS) is 15.3. The van der Waals surface area contributed by atoms with Gasteiger partial charge in [-0.3, -0.25) is 4.90 Å². The first-order valence-corrected chi connectivity index (χ1v) is 14.1. The van der Waals surface area contributed by atoms with E-state index in [9.17, 15) is 12.8 Å². The molecule has 2 N–H and O–H groups in total. The molecule has 1 aliphatic rings. The van der Waals surface area contributed by atoms with Crippen LogP contribution in [0.5, 0.6) is 0 Å². The van der Waals surface area contributed by atoms with E-state index >= 15 is 0 Å². The maximum absolute atomic E-state index is 13.4. The fourth-order valence-corrected chi connectivity index (χ4v) is 5.82. The topological polar surface area (TPSA) is 103 Å². The summed E-state index contributed by atoms with van der Waals surface area (Å²) in [7, 11) is -1.33. The fourth-order valence-electron chi connectivity index (χ4n) is 4.12. The third-order valence-electron chi connectivity index (χ3n) is 6.05. The molecule has 4 heterocycles. The highest BCUT2D eigenvalue weighted by molar-refractivity contribution is 7.88. The predicted molar refractivity (Wildman–Crippen MR) is 142 cm³/mol. The molecule has 1 fully saturated rings. The Labute approximate surface area is 213 Å². The van der Waals surface area contributed by atoms with Crippen LogP contribution in [-0.4, -0.2) is 72.1 Å². The van der Waals surface area contributed by atoms with E-state index in [0.717, 1.165) is 27.0 Å². The molecule has 3 aromatic heterocycles. The summed E-state index contributed by atoms with van der Waals surface area (Å²) in [6.45, 7) is 3.11. The van der Waals surface area contributed by atoms with Crippen LogP contribution in [0.15, 0.2) is 48.7 Å². The standard InChI is InChI=1S/C24H26FN7O2S2/c1-26-21-13-19(17-4-6-18(25)7-5-17)22-23(28-21)35-24(30-22)29-20-8-3-16(14-27-20)15-31-9-11-32(12-10-31)36(2,33)34/h3-8,13-14H,9-12,15H2,1-2H3,(H,26,28)(H,27,29,30). The van der Waals surface area contributed by atoms with Gasteiger partial charge >= 0.3 is 0 Å². The molecule has 1 aliphatic heterocycles. The van der Waals surface area contributed by atoms with E-state index < -0.39 is 10.0 Å². The van der Waals surface area contributed by atoms with Gasteiger partial charge in [0.2, 0.25) is 10.0 Å². The number of benzene rings is 1. The lowest BCUT2D eigenvalue weighted by Gasteiger charge is -2.33. The first kappa shape index (κ1) is 24.5. The molecule has 12 heteroatoms. The maximum Gasteiger partial charge on any atom is 0.211 e. The molecule has 1 saturated heterocycles. The average Bonchev–Trinajstić information content (AvgIpc) is 3.27. The molecule has 0 saturated carbocycles. The molecular weight excluding hydrogens is 501 g/mol. The summed E-state index contributed by atoms with van der Waals surface area (Å²) in [6, 6.07) is 12.2. The van der Waals surface area contributed by atoms with Crippen molar-refractivity contribution in [3.05, 3.63) is 60.0 Å². The van der Waals surface area contributed by atoms with Crippen molar-refractivity contribution in [1.82, 2.24) is 24.2 Å². The number of fused-ring (bicyclic) bond motifs is 1. The van der Waals surface area contributed by atoms with Gasteiger partial charge in [-0.05, 0) is 35.4 Å². The molecule has 0 bridgehead atoms. The Hall–Kier alpha value is -3.19. The van der Waals surface area contributed by atoms with Crippen LogP contribution in [-0.2, 0) is 16.6 Å². The van der Waals surface area contributed by atoms with Crippen molar-refractivity contribution in [3.63, 3.8) is 0 Å². The number of sulfonamides is 1. The Morgan fingerprint density at radius 3 is 2.42 bits per heavy atom. The van der Waals surface area contributed by atoms with E-state index in [-0.39, 0.29) is 5.82 Å². The number of aromatic nitrogens is 3. The molecule has 36 heavy (non-hydrogen) atoms. The van der Waals surface area contributed by atoms with Gasteiger partial charge in [-0.25, -0.2) is 27.8 Å². The van der Waals surface area contributed by atoms with E-state index in [2.05, 4.69) is 25.5 Å². The lowest BCUT2D eigenvalue weighted by molar-refractivity contribution is 0.182. The number of nitrogens with zero attached hydrogens (tertiary/aromatic N) is 5. The van der Waals surface area contributed by atoms with Crippen molar-refractivity contribution in [2.75, 3.05) is 50.1 Å². The molecule has 0 spiro atoms. The highest BCUT2D eigenvalue weighted by Crippen LogP contribution is 2.35. The molecule has 9 nitrogen and oxygen atoms in total. The fraction of sp³-hybridized carbons (Fsp3) is 0.292. The Balaban J connectivity index is 1.30. The van der Waals surface area contributed by atoms with Gasteiger partial charge < -0.3 is 10.6 Å². The third-order valence-corrected chi connectivity index (χ3v) is 8.21. The Morgan fingerprint density at radius 1 is 1.03 bits per heavy atom. The van der Waals surface area contributed by atoms with Crippen molar-refractivity contribution in [3.8, 4) is 11.1 Å². The number of piperazine rings is 1. The van der Waals surface area contributed by atoms with Crippen LogP contribution in [0.4, 0.5) is 21.2 Å². The van der Waals surface area contributed by atoms with Crippen LogP contribution in [0.2, 0.25) is 0 Å². The number of thiazole rings is 1. The number of nitrogens with one attached hydrogen (secondary N) is 2. The van der Waals surface area contributed by atoms with Gasteiger partial charge in [0.1, 0.15) is 27.8 Å². The lowest BCUT2D eigenvalue weighted by Crippen LogP contribution is -2.47. The Kier molecular flexibility index (Phi) is 6.84. The molecule has 0 amide bonds. The number of pyridine rings is 2. The predicted octanol–water partition coefficient (Wildman–Crippen LogP) is 3.75. The number of hydrogen-bond acceptors (Lipinski definition) is 9. The molecule has 5 rings (SSSR count). The summed E-state index contributed by atoms with van der Waals surface area (Å²) >= 11 is 1.42. The van der Waals surface area contributed by atoms with Gasteiger partial charge in [0, 0.05) is 51.5 Å². The zero-order valence-electron chi connectivity index (χ0n) is 19.9. The molecule has 0 unspecified atom stereocenters. The number of halogens is 1. The van der Waals surface area contributed by atoms with Crippen LogP contribution < -0.4 is 10.6 Å². The molecule has 0 atom stereocenters. The second kappa shape index (κ2) is 10.1. The van der Waals surface area contributed by atoms with E-state index in [1.807, 2.05) is 24.4 Å². The van der Waals surface area contributed by atoms with Crippen LogP contribution in [0.1, 0.15) is 5.56 Å². The van der Waals surface area contributed by atoms with Gasteiger partial charge in [0.25, 0.3) is 0 Å². The zero-order chi connectivity index (χ0) is 25.3. The lowest BCUT2D eigenvalue weighted by atomic mass is 10.1. The second-order valence-corrected chi connectivity index (χ2v) is 11.6. The van der Waals surface area contributed by atoms with Crippen molar-refractivity contribution in [2.24, 2.45) is 0 Å². The summed E-state index contributed by atoms with van der Waals surface area (Å²) in [4.78, 5) is 16.9. The third kappa shape index (κ3) is 5.46. The maximum atomic E-state index is 13.4. The first-order valence-electron chi connectivity index (χ1n) is 11.4. The highest BCUT2D eigenvalue weighted by atomic mass is 32.2. The summed E-state index contributed by atoms with van der Waals surface area (Å²) in [5.74, 6) is 1.08. The summed E-state index contributed by atoms with van der Waals surface area (Å²) in [6.07, 6.45) is 3.07. The smallest absolute Gasteiger partial charge is 0.211 e. The van der Waals surface area contributed by atoms with Gasteiger partial charge in [-0.1, -0.05) is 29.5 Å². The monoisotopic (exact) mass is 527 g/mol. The number of rotatable bonds is 7. The second-order valence-electron chi connectivity index (χ2n) is 8.60. The van der Waals surface area contributed by atoms with Crippen molar-refractivity contribution in [1.29, 1.82) is 0 Å². The van der Waals surface area contributed by atoms with Gasteiger partial charge in [-0.2, -0.15) is 4.31 Å². The quantitative estimate of drug-likeness (QED) is 0.375. The van der Waals surface area contributed by atoms with E-state index in [0.29, 0.717) is 49.5 Å². The molecule has 4 aromatic rings. The molecule has 188 valence electrons. The van der Waals surface area contributed by atoms with Crippen LogP contribution >= 0.6 is 11.3 Å². The van der Waals surface area contributed by atoms with Gasteiger partial charge in [-0.15, -0.1) is 0 Å². The summed E-state index contributed by atoms with van der Waals surface area (Å²) < 4.78 is 38.4. The summed E-state index contributed by atoms with van der Waals surface area (Å²) in [5, 5.41) is 6.99. The summed E-state index contributed by atoms with van der Waals surface area (Å²) in [5.41, 5.74) is 3.51. The molecule has 0 radical (unpaired) electrons. The van der Waals surface area contributed by atoms with Crippen molar-refractivity contribution in [2.45, 2.75) is 6.54 Å². The zero-order valence-corrected chi connectivity index (χ0v) is 21.5. The molecule has 0 aliphatic carbocycles. The largest absolute Gasteiger partial charge is 0.373 e. The van der Waals surface area contributed by atoms with Crippen molar-refractivity contribution < 1.29 is 12.8 Å². The van der Waals surface area contributed by atoms with E-state index in [1.165, 1.54) is 34.0 Å². The van der Waals surface area contributed by atoms with E-state index in [1.54, 1.807) is 19.2 Å². The minimum Gasteiger partial charge on any atom is -0.373 e. The van der Waals surface area contributed by atoms with Crippen LogP contribution in [0.25, 0.3) is 21.5 Å². The Morgan fingerprint density at radius 2 is 1.78 bits per heavy atom. The highest BCUT2D eigenvalue weighted by Gasteiger charge is 2.23. The first-order chi connectivity index (χ1) is 17.3. The molecular formula is C24H26FN7O2S2. The minimum absolute atomic E-state index is 0.288. The average molecular weight is 528 g/mol. The molecule has 1 aromatic carbocycles. The Bertz CT molecular complexity index is 1470. The number of hydrogen-bond donors (Lipinski definition) is 2. The minimum atomic E-state index is -3.13. The van der Waals surface area contributed by atoms with Crippen LogP contribution in [0.3, 0.4) is 0 Å². The van der Waals surface area contributed by atoms with Crippen LogP contribution in [0, 0.1) is 5.82 Å².